The maximum absolute atomic E-state index is 10.9. The Hall–Kier alpha value is -0.680. The second kappa shape index (κ2) is 5.97. The highest BCUT2D eigenvalue weighted by Crippen LogP contribution is 2.40. The van der Waals surface area contributed by atoms with Crippen molar-refractivity contribution in [1.82, 2.24) is 0 Å². The molecule has 0 radical (unpaired) electrons. The molecule has 0 fully saturated rings. The van der Waals surface area contributed by atoms with E-state index in [1.165, 1.54) is 0 Å². The third-order valence-electron chi connectivity index (χ3n) is 2.81. The minimum absolute atomic E-state index is 0.0968. The molecule has 1 N–H and O–H groups in total. The van der Waals surface area contributed by atoms with Gasteiger partial charge in [-0.05, 0) is 39.9 Å². The SMILES string of the molecule is COc1c(Br)cc(C(C)(C)CC(=O)O)cc1SC. The highest BCUT2D eigenvalue weighted by Gasteiger charge is 2.26. The summed E-state index contributed by atoms with van der Waals surface area (Å²) in [6.07, 6.45) is 2.07. The summed E-state index contributed by atoms with van der Waals surface area (Å²) in [4.78, 5) is 11.9. The first kappa shape index (κ1) is 15.4. The number of carbonyl (C=O) groups is 1. The van der Waals surface area contributed by atoms with Crippen molar-refractivity contribution in [3.05, 3.63) is 22.2 Å². The largest absolute Gasteiger partial charge is 0.494 e. The molecule has 0 heterocycles. The molecule has 0 aromatic heterocycles. The summed E-state index contributed by atoms with van der Waals surface area (Å²) in [7, 11) is 1.63. The monoisotopic (exact) mass is 332 g/mol. The van der Waals surface area contributed by atoms with E-state index in [1.807, 2.05) is 32.2 Å². The average Bonchev–Trinajstić information content (AvgIpc) is 2.26. The van der Waals surface area contributed by atoms with E-state index >= 15 is 0 Å². The van der Waals surface area contributed by atoms with Crippen LogP contribution in [0, 0.1) is 0 Å². The lowest BCUT2D eigenvalue weighted by Crippen LogP contribution is -2.21. The van der Waals surface area contributed by atoms with Gasteiger partial charge in [-0.15, -0.1) is 11.8 Å². The molecule has 0 aliphatic heterocycles. The molecule has 0 spiro atoms. The van der Waals surface area contributed by atoms with Gasteiger partial charge in [0, 0.05) is 5.41 Å². The van der Waals surface area contributed by atoms with Crippen molar-refractivity contribution < 1.29 is 14.6 Å². The first-order valence-corrected chi connectivity index (χ1v) is 7.47. The van der Waals surface area contributed by atoms with E-state index in [9.17, 15) is 4.79 Å². The van der Waals surface area contributed by atoms with Crippen molar-refractivity contribution in [3.63, 3.8) is 0 Å². The number of thioether (sulfide) groups is 1. The number of carboxylic acid groups (broad SMARTS) is 1. The Morgan fingerprint density at radius 1 is 1.50 bits per heavy atom. The van der Waals surface area contributed by atoms with Gasteiger partial charge in [0.25, 0.3) is 0 Å². The van der Waals surface area contributed by atoms with Gasteiger partial charge in [0.05, 0.1) is 22.9 Å². The highest BCUT2D eigenvalue weighted by atomic mass is 79.9. The van der Waals surface area contributed by atoms with Crippen LogP contribution in [-0.4, -0.2) is 24.4 Å². The van der Waals surface area contributed by atoms with Gasteiger partial charge in [0.2, 0.25) is 0 Å². The second-order valence-corrected chi connectivity index (χ2v) is 6.35. The number of ether oxygens (including phenoxy) is 1. The van der Waals surface area contributed by atoms with Gasteiger partial charge >= 0.3 is 5.97 Å². The van der Waals surface area contributed by atoms with E-state index in [0.717, 1.165) is 20.7 Å². The molecule has 0 saturated carbocycles. The molecule has 0 aliphatic rings. The summed E-state index contributed by atoms with van der Waals surface area (Å²) >= 11 is 5.05. The van der Waals surface area contributed by atoms with E-state index in [0.29, 0.717) is 0 Å². The van der Waals surface area contributed by atoms with Crippen LogP contribution < -0.4 is 4.74 Å². The lowest BCUT2D eigenvalue weighted by molar-refractivity contribution is -0.138. The van der Waals surface area contributed by atoms with Crippen LogP contribution in [0.15, 0.2) is 21.5 Å². The fraction of sp³-hybridized carbons (Fsp3) is 0.462. The molecule has 18 heavy (non-hydrogen) atoms. The number of benzene rings is 1. The molecule has 1 rings (SSSR count). The van der Waals surface area contributed by atoms with E-state index in [-0.39, 0.29) is 6.42 Å². The van der Waals surface area contributed by atoms with Crippen LogP contribution >= 0.6 is 27.7 Å². The molecule has 1 aromatic carbocycles. The number of rotatable bonds is 5. The van der Waals surface area contributed by atoms with Crippen molar-refractivity contribution in [2.45, 2.75) is 30.6 Å². The number of hydrogen-bond donors (Lipinski definition) is 1. The molecule has 0 bridgehead atoms. The summed E-state index contributed by atoms with van der Waals surface area (Å²) < 4.78 is 6.18. The zero-order valence-electron chi connectivity index (χ0n) is 10.9. The number of halogens is 1. The Labute approximate surface area is 120 Å². The maximum atomic E-state index is 10.9. The molecule has 0 aliphatic carbocycles. The first-order valence-electron chi connectivity index (χ1n) is 5.45. The van der Waals surface area contributed by atoms with Crippen molar-refractivity contribution in [3.8, 4) is 5.75 Å². The summed E-state index contributed by atoms with van der Waals surface area (Å²) in [5.41, 5.74) is 0.576. The number of aliphatic carboxylic acids is 1. The van der Waals surface area contributed by atoms with Crippen LogP contribution in [0.1, 0.15) is 25.8 Å². The fourth-order valence-electron chi connectivity index (χ4n) is 1.79. The van der Waals surface area contributed by atoms with Crippen LogP contribution in [-0.2, 0) is 10.2 Å². The van der Waals surface area contributed by atoms with Crippen molar-refractivity contribution in [2.24, 2.45) is 0 Å². The molecule has 100 valence electrons. The van der Waals surface area contributed by atoms with Gasteiger partial charge in [-0.1, -0.05) is 13.8 Å². The third-order valence-corrected chi connectivity index (χ3v) is 4.14. The van der Waals surface area contributed by atoms with Crippen molar-refractivity contribution in [2.75, 3.05) is 13.4 Å². The van der Waals surface area contributed by atoms with Gasteiger partial charge in [-0.3, -0.25) is 4.79 Å². The van der Waals surface area contributed by atoms with Crippen LogP contribution in [0.25, 0.3) is 0 Å². The molecule has 0 saturated heterocycles. The molecular formula is C13H17BrO3S. The summed E-state index contributed by atoms with van der Waals surface area (Å²) in [5.74, 6) is -0.00461. The summed E-state index contributed by atoms with van der Waals surface area (Å²) in [6.45, 7) is 3.86. The van der Waals surface area contributed by atoms with Gasteiger partial charge < -0.3 is 9.84 Å². The fourth-order valence-corrected chi connectivity index (χ4v) is 3.17. The van der Waals surface area contributed by atoms with Crippen molar-refractivity contribution in [1.29, 1.82) is 0 Å². The van der Waals surface area contributed by atoms with E-state index in [2.05, 4.69) is 15.9 Å². The van der Waals surface area contributed by atoms with Gasteiger partial charge in [-0.25, -0.2) is 0 Å². The van der Waals surface area contributed by atoms with Crippen LogP contribution in [0.2, 0.25) is 0 Å². The molecular weight excluding hydrogens is 316 g/mol. The van der Waals surface area contributed by atoms with Gasteiger partial charge in [0.1, 0.15) is 5.75 Å². The molecule has 0 amide bonds. The normalized spacial score (nSPS) is 11.4. The smallest absolute Gasteiger partial charge is 0.304 e. The van der Waals surface area contributed by atoms with E-state index in [4.69, 9.17) is 9.84 Å². The maximum Gasteiger partial charge on any atom is 0.304 e. The Kier molecular flexibility index (Phi) is 5.10. The lowest BCUT2D eigenvalue weighted by atomic mass is 9.81. The molecule has 1 aromatic rings. The van der Waals surface area contributed by atoms with Gasteiger partial charge in [0.15, 0.2) is 0 Å². The third kappa shape index (κ3) is 3.42. The van der Waals surface area contributed by atoms with Crippen molar-refractivity contribution >= 4 is 33.7 Å². The Bertz CT molecular complexity index is 458. The lowest BCUT2D eigenvalue weighted by Gasteiger charge is -2.25. The number of methoxy groups -OCH3 is 1. The molecule has 0 atom stereocenters. The van der Waals surface area contributed by atoms with Crippen LogP contribution in [0.5, 0.6) is 5.75 Å². The number of hydrogen-bond acceptors (Lipinski definition) is 3. The predicted molar refractivity (Wildman–Crippen MR) is 77.8 cm³/mol. The average molecular weight is 333 g/mol. The standard InChI is InChI=1S/C13H17BrO3S/c1-13(2,7-11(15)16)8-5-9(14)12(17-3)10(6-8)18-4/h5-6H,7H2,1-4H3,(H,15,16). The summed E-state index contributed by atoms with van der Waals surface area (Å²) in [6, 6.07) is 3.93. The first-order chi connectivity index (χ1) is 8.31. The minimum Gasteiger partial charge on any atom is -0.494 e. The molecule has 3 nitrogen and oxygen atoms in total. The highest BCUT2D eigenvalue weighted by molar-refractivity contribution is 9.10. The predicted octanol–water partition coefficient (Wildman–Crippen LogP) is 3.93. The zero-order valence-corrected chi connectivity index (χ0v) is 13.3. The Balaban J connectivity index is 3.26. The Morgan fingerprint density at radius 3 is 2.56 bits per heavy atom. The number of carboxylic acids is 1. The zero-order chi connectivity index (χ0) is 13.9. The quantitative estimate of drug-likeness (QED) is 0.830. The summed E-state index contributed by atoms with van der Waals surface area (Å²) in [5, 5.41) is 8.97. The van der Waals surface area contributed by atoms with Crippen LogP contribution in [0.3, 0.4) is 0 Å². The van der Waals surface area contributed by atoms with Crippen LogP contribution in [0.4, 0.5) is 0 Å². The topological polar surface area (TPSA) is 46.5 Å². The second-order valence-electron chi connectivity index (χ2n) is 4.65. The minimum atomic E-state index is -0.794. The Morgan fingerprint density at radius 2 is 2.11 bits per heavy atom. The van der Waals surface area contributed by atoms with E-state index < -0.39 is 11.4 Å². The van der Waals surface area contributed by atoms with E-state index in [1.54, 1.807) is 18.9 Å². The van der Waals surface area contributed by atoms with Gasteiger partial charge in [-0.2, -0.15) is 0 Å². The molecule has 0 unspecified atom stereocenters. The molecule has 5 heteroatoms.